The summed E-state index contributed by atoms with van der Waals surface area (Å²) < 4.78 is 35.6. The summed E-state index contributed by atoms with van der Waals surface area (Å²) >= 11 is 2.26. The number of fused-ring (bicyclic) bond motifs is 2. The number of thiazole rings is 1. The Hall–Kier alpha value is -3.64. The first-order valence-corrected chi connectivity index (χ1v) is 12.0. The molecule has 0 saturated carbocycles. The fraction of sp³-hybridized carbons (Fsp3) is 0.174. The maximum Gasteiger partial charge on any atom is 0.413 e. The highest BCUT2D eigenvalue weighted by molar-refractivity contribution is 7.99. The molecule has 0 aliphatic carbocycles. The number of carbonyl (C=O) groups excluding carboxylic acids is 1. The zero-order valence-corrected chi connectivity index (χ0v) is 20.4. The zero-order chi connectivity index (χ0) is 24.7. The topological polar surface area (TPSA) is 94.3 Å². The van der Waals surface area contributed by atoms with E-state index in [9.17, 15) is 13.6 Å². The number of ether oxygens (including phenoxy) is 1. The third-order valence-electron chi connectivity index (χ3n) is 4.63. The molecule has 0 spiro atoms. The van der Waals surface area contributed by atoms with Crippen LogP contribution in [0.5, 0.6) is 0 Å². The molecule has 5 rings (SSSR count). The number of hydrogen-bond donors (Lipinski definition) is 1. The minimum Gasteiger partial charge on any atom is -0.444 e. The van der Waals surface area contributed by atoms with E-state index >= 15 is 0 Å². The summed E-state index contributed by atoms with van der Waals surface area (Å²) in [4.78, 5) is 16.6. The van der Waals surface area contributed by atoms with E-state index in [0.29, 0.717) is 36.7 Å². The Kier molecular flexibility index (Phi) is 5.85. The summed E-state index contributed by atoms with van der Waals surface area (Å²) in [6.45, 7) is 5.28. The molecule has 0 fully saturated rings. The Morgan fingerprint density at radius 1 is 1.09 bits per heavy atom. The number of nitrogens with zero attached hydrogens (tertiary/aromatic N) is 5. The van der Waals surface area contributed by atoms with E-state index in [1.807, 2.05) is 0 Å². The van der Waals surface area contributed by atoms with E-state index in [2.05, 4.69) is 25.6 Å². The van der Waals surface area contributed by atoms with Gasteiger partial charge in [-0.2, -0.15) is 9.61 Å². The van der Waals surface area contributed by atoms with Crippen LogP contribution in [-0.4, -0.2) is 36.5 Å². The molecule has 2 aromatic carbocycles. The van der Waals surface area contributed by atoms with Crippen LogP contribution in [0.25, 0.3) is 27.1 Å². The molecular formula is C23H18F2N6O2S2. The molecule has 0 atom stereocenters. The molecule has 8 nitrogen and oxygen atoms in total. The van der Waals surface area contributed by atoms with Crippen LogP contribution in [-0.2, 0) is 4.74 Å². The first-order valence-electron chi connectivity index (χ1n) is 10.4. The van der Waals surface area contributed by atoms with Gasteiger partial charge in [0.15, 0.2) is 10.8 Å². The van der Waals surface area contributed by atoms with Gasteiger partial charge in [0.25, 0.3) is 0 Å². The predicted molar refractivity (Wildman–Crippen MR) is 130 cm³/mol. The molecule has 1 amide bonds. The molecule has 0 aliphatic heterocycles. The van der Waals surface area contributed by atoms with Gasteiger partial charge >= 0.3 is 6.09 Å². The lowest BCUT2D eigenvalue weighted by atomic mass is 10.1. The Bertz CT molecular complexity index is 1560. The second-order valence-corrected chi connectivity index (χ2v) is 10.5. The van der Waals surface area contributed by atoms with Crippen molar-refractivity contribution in [3.63, 3.8) is 0 Å². The van der Waals surface area contributed by atoms with Gasteiger partial charge in [-0.3, -0.25) is 5.32 Å². The maximum absolute atomic E-state index is 14.9. The highest BCUT2D eigenvalue weighted by Gasteiger charge is 2.19. The van der Waals surface area contributed by atoms with Gasteiger partial charge in [-0.1, -0.05) is 11.3 Å². The first-order chi connectivity index (χ1) is 16.6. The molecule has 5 aromatic rings. The number of benzene rings is 2. The molecule has 12 heteroatoms. The van der Waals surface area contributed by atoms with E-state index in [0.717, 1.165) is 17.3 Å². The monoisotopic (exact) mass is 512 g/mol. The predicted octanol–water partition coefficient (Wildman–Crippen LogP) is 6.18. The minimum absolute atomic E-state index is 0.299. The van der Waals surface area contributed by atoms with Crippen molar-refractivity contribution in [2.45, 2.75) is 36.4 Å². The summed E-state index contributed by atoms with van der Waals surface area (Å²) in [6.07, 6.45) is -0.635. The highest BCUT2D eigenvalue weighted by atomic mass is 32.2. The van der Waals surface area contributed by atoms with Crippen molar-refractivity contribution in [3.05, 3.63) is 60.2 Å². The van der Waals surface area contributed by atoms with E-state index in [-0.39, 0.29) is 5.82 Å². The first kappa shape index (κ1) is 23.1. The number of halogens is 2. The zero-order valence-electron chi connectivity index (χ0n) is 18.7. The highest BCUT2D eigenvalue weighted by Crippen LogP contribution is 2.35. The number of aromatic nitrogens is 5. The molecule has 0 radical (unpaired) electrons. The van der Waals surface area contributed by atoms with Gasteiger partial charge in [-0.15, -0.1) is 10.2 Å². The lowest BCUT2D eigenvalue weighted by molar-refractivity contribution is 0.0636. The SMILES string of the molecule is CC(C)(C)OC(=O)Nc1nc2cc(F)c(Sc3nnc4ccc(-c5ccc(F)cc5)nn34)cc2s1. The van der Waals surface area contributed by atoms with E-state index < -0.39 is 17.5 Å². The van der Waals surface area contributed by atoms with Gasteiger partial charge in [0.05, 0.1) is 20.8 Å². The van der Waals surface area contributed by atoms with Crippen LogP contribution in [0.4, 0.5) is 18.7 Å². The van der Waals surface area contributed by atoms with Gasteiger partial charge < -0.3 is 4.74 Å². The third kappa shape index (κ3) is 5.08. The number of nitrogens with one attached hydrogen (secondary N) is 1. The quantitative estimate of drug-likeness (QED) is 0.307. The van der Waals surface area contributed by atoms with Gasteiger partial charge in [0.1, 0.15) is 17.2 Å². The molecule has 3 aromatic heterocycles. The second kappa shape index (κ2) is 8.86. The lowest BCUT2D eigenvalue weighted by Crippen LogP contribution is -2.27. The smallest absolute Gasteiger partial charge is 0.413 e. The number of hydrogen-bond acceptors (Lipinski definition) is 8. The molecule has 0 bridgehead atoms. The van der Waals surface area contributed by atoms with Crippen molar-refractivity contribution >= 4 is 50.2 Å². The van der Waals surface area contributed by atoms with E-state index in [1.54, 1.807) is 51.1 Å². The fourth-order valence-corrected chi connectivity index (χ4v) is 4.94. The van der Waals surface area contributed by atoms with Crippen molar-refractivity contribution in [1.82, 2.24) is 24.8 Å². The van der Waals surface area contributed by atoms with Crippen molar-refractivity contribution in [1.29, 1.82) is 0 Å². The molecule has 0 unspecified atom stereocenters. The number of rotatable bonds is 4. The molecule has 0 saturated heterocycles. The van der Waals surface area contributed by atoms with Crippen LogP contribution >= 0.6 is 23.1 Å². The molecule has 0 aliphatic rings. The lowest BCUT2D eigenvalue weighted by Gasteiger charge is -2.18. The van der Waals surface area contributed by atoms with Crippen LogP contribution in [0.1, 0.15) is 20.8 Å². The summed E-state index contributed by atoms with van der Waals surface area (Å²) in [5, 5.41) is 16.0. The summed E-state index contributed by atoms with van der Waals surface area (Å²) in [5.41, 5.74) is 1.56. The van der Waals surface area contributed by atoms with Crippen molar-refractivity contribution in [2.24, 2.45) is 0 Å². The molecule has 35 heavy (non-hydrogen) atoms. The van der Waals surface area contributed by atoms with Gasteiger partial charge in [-0.05, 0) is 75.0 Å². The van der Waals surface area contributed by atoms with Crippen LogP contribution < -0.4 is 5.32 Å². The normalized spacial score (nSPS) is 11.8. The van der Waals surface area contributed by atoms with Crippen LogP contribution in [0.3, 0.4) is 0 Å². The van der Waals surface area contributed by atoms with Crippen LogP contribution in [0.15, 0.2) is 58.6 Å². The Morgan fingerprint density at radius 3 is 2.60 bits per heavy atom. The number of carbonyl (C=O) groups is 1. The second-order valence-electron chi connectivity index (χ2n) is 8.48. The van der Waals surface area contributed by atoms with Crippen molar-refractivity contribution in [2.75, 3.05) is 5.32 Å². The van der Waals surface area contributed by atoms with Crippen molar-refractivity contribution < 1.29 is 18.3 Å². The van der Waals surface area contributed by atoms with Crippen molar-refractivity contribution in [3.8, 4) is 11.3 Å². The largest absolute Gasteiger partial charge is 0.444 e. The molecular weight excluding hydrogens is 494 g/mol. The Labute approximate surface area is 206 Å². The summed E-state index contributed by atoms with van der Waals surface area (Å²) in [7, 11) is 0. The third-order valence-corrected chi connectivity index (χ3v) is 6.53. The summed E-state index contributed by atoms with van der Waals surface area (Å²) in [6, 6.07) is 12.4. The van der Waals surface area contributed by atoms with Gasteiger partial charge in [0.2, 0.25) is 5.16 Å². The Balaban J connectivity index is 1.43. The fourth-order valence-electron chi connectivity index (χ4n) is 3.16. The average molecular weight is 513 g/mol. The van der Waals surface area contributed by atoms with Gasteiger partial charge in [0, 0.05) is 11.6 Å². The van der Waals surface area contributed by atoms with Crippen LogP contribution in [0.2, 0.25) is 0 Å². The maximum atomic E-state index is 14.9. The van der Waals surface area contributed by atoms with E-state index in [1.165, 1.54) is 34.1 Å². The molecule has 178 valence electrons. The van der Waals surface area contributed by atoms with Crippen LogP contribution in [0, 0.1) is 11.6 Å². The number of amides is 1. The average Bonchev–Trinajstić information content (AvgIpc) is 3.35. The summed E-state index contributed by atoms with van der Waals surface area (Å²) in [5.74, 6) is -0.836. The molecule has 1 N–H and O–H groups in total. The number of anilines is 1. The van der Waals surface area contributed by atoms with E-state index in [4.69, 9.17) is 4.74 Å². The Morgan fingerprint density at radius 2 is 1.86 bits per heavy atom. The standard InChI is InChI=1S/C23H18F2N6O2S2/c1-23(2,3)33-22(32)27-20-26-16-10-14(25)17(11-18(16)34-20)35-21-29-28-19-9-8-15(30-31(19)21)12-4-6-13(24)7-5-12/h4-11H,1-3H3,(H,26,27,32). The molecule has 3 heterocycles. The minimum atomic E-state index is -0.650. The van der Waals surface area contributed by atoms with Gasteiger partial charge in [-0.25, -0.2) is 18.6 Å².